The zero-order valence-corrected chi connectivity index (χ0v) is 18.9. The van der Waals surface area contributed by atoms with Crippen LogP contribution >= 0.6 is 0 Å². The lowest BCUT2D eigenvalue weighted by atomic mass is 9.90. The van der Waals surface area contributed by atoms with E-state index < -0.39 is 10.0 Å². The fourth-order valence-corrected chi connectivity index (χ4v) is 5.91. The summed E-state index contributed by atoms with van der Waals surface area (Å²) in [6.45, 7) is 3.82. The van der Waals surface area contributed by atoms with Gasteiger partial charge in [-0.2, -0.15) is 4.31 Å². The van der Waals surface area contributed by atoms with Crippen LogP contribution in [0.1, 0.15) is 28.8 Å². The number of benzene rings is 2. The molecule has 7 heteroatoms. The third-order valence-corrected chi connectivity index (χ3v) is 8.34. The minimum absolute atomic E-state index is 0.0754. The van der Waals surface area contributed by atoms with Crippen molar-refractivity contribution in [2.45, 2.75) is 24.2 Å². The summed E-state index contributed by atoms with van der Waals surface area (Å²) in [6.07, 6.45) is 2.99. The van der Waals surface area contributed by atoms with Gasteiger partial charge in [-0.25, -0.2) is 8.42 Å². The molecule has 0 saturated carbocycles. The molecular formula is C24H31N3O3S. The number of hydrogen-bond donors (Lipinski definition) is 0. The van der Waals surface area contributed by atoms with Gasteiger partial charge in [0.15, 0.2) is 0 Å². The molecule has 0 radical (unpaired) electrons. The normalized spacial score (nSPS) is 19.5. The largest absolute Gasteiger partial charge is 0.339 e. The molecule has 4 rings (SSSR count). The van der Waals surface area contributed by atoms with Crippen LogP contribution in [0.2, 0.25) is 0 Å². The molecule has 2 aliphatic rings. The average molecular weight is 442 g/mol. The van der Waals surface area contributed by atoms with Crippen LogP contribution in [0, 0.1) is 5.92 Å². The van der Waals surface area contributed by atoms with Gasteiger partial charge in [0, 0.05) is 44.8 Å². The van der Waals surface area contributed by atoms with E-state index in [1.54, 1.807) is 24.3 Å². The molecule has 2 heterocycles. The molecule has 2 aromatic rings. The summed E-state index contributed by atoms with van der Waals surface area (Å²) in [5.74, 6) is 0.504. The van der Waals surface area contributed by atoms with E-state index >= 15 is 0 Å². The highest BCUT2D eigenvalue weighted by Crippen LogP contribution is 2.24. The summed E-state index contributed by atoms with van der Waals surface area (Å²) in [5.41, 5.74) is 1.80. The molecule has 0 aliphatic carbocycles. The van der Waals surface area contributed by atoms with Crippen molar-refractivity contribution in [2.24, 2.45) is 5.92 Å². The van der Waals surface area contributed by atoms with Crippen LogP contribution in [-0.2, 0) is 16.4 Å². The van der Waals surface area contributed by atoms with Crippen LogP contribution in [0.15, 0.2) is 59.5 Å². The van der Waals surface area contributed by atoms with Gasteiger partial charge in [0.25, 0.3) is 5.91 Å². The third kappa shape index (κ3) is 5.17. The Morgan fingerprint density at radius 1 is 0.903 bits per heavy atom. The number of nitrogens with zero attached hydrogens (tertiary/aromatic N) is 3. The lowest BCUT2D eigenvalue weighted by molar-refractivity contribution is 0.0690. The Balaban J connectivity index is 1.39. The van der Waals surface area contributed by atoms with Crippen LogP contribution in [0.5, 0.6) is 0 Å². The van der Waals surface area contributed by atoms with Crippen LogP contribution in [0.4, 0.5) is 0 Å². The lowest BCUT2D eigenvalue weighted by Crippen LogP contribution is -2.47. The van der Waals surface area contributed by atoms with Crippen molar-refractivity contribution >= 4 is 15.9 Å². The van der Waals surface area contributed by atoms with E-state index in [4.69, 9.17) is 0 Å². The Labute approximate surface area is 185 Å². The van der Waals surface area contributed by atoms with Gasteiger partial charge in [-0.3, -0.25) is 4.79 Å². The number of piperidine rings is 1. The molecule has 1 amide bonds. The molecule has 2 aromatic carbocycles. The third-order valence-electron chi connectivity index (χ3n) is 6.45. The molecule has 2 saturated heterocycles. The van der Waals surface area contributed by atoms with Crippen molar-refractivity contribution in [3.63, 3.8) is 0 Å². The molecule has 0 aromatic heterocycles. The van der Waals surface area contributed by atoms with Crippen LogP contribution in [0.3, 0.4) is 0 Å². The molecule has 2 aliphatic heterocycles. The summed E-state index contributed by atoms with van der Waals surface area (Å²) >= 11 is 0. The van der Waals surface area contributed by atoms with Gasteiger partial charge in [0.05, 0.1) is 4.90 Å². The second-order valence-corrected chi connectivity index (χ2v) is 10.6. The van der Waals surface area contributed by atoms with E-state index in [1.165, 1.54) is 9.87 Å². The highest BCUT2D eigenvalue weighted by molar-refractivity contribution is 7.89. The Bertz CT molecular complexity index is 994. The molecular weight excluding hydrogens is 410 g/mol. The van der Waals surface area contributed by atoms with E-state index in [0.717, 1.165) is 32.4 Å². The number of carbonyl (C=O) groups excluding carboxylic acids is 1. The van der Waals surface area contributed by atoms with Crippen molar-refractivity contribution in [1.82, 2.24) is 14.1 Å². The molecule has 31 heavy (non-hydrogen) atoms. The molecule has 6 nitrogen and oxygen atoms in total. The van der Waals surface area contributed by atoms with Crippen molar-refractivity contribution in [3.05, 3.63) is 65.7 Å². The first-order chi connectivity index (χ1) is 14.9. The maximum Gasteiger partial charge on any atom is 0.253 e. The minimum Gasteiger partial charge on any atom is -0.339 e. The van der Waals surface area contributed by atoms with Crippen LogP contribution in [0.25, 0.3) is 0 Å². The first-order valence-corrected chi connectivity index (χ1v) is 12.5. The standard InChI is InChI=1S/C24H31N3O3S/c1-25-14-16-27(17-15-25)31(29,30)23-9-5-8-22(19-23)24(28)26-12-10-21(11-13-26)18-20-6-3-2-4-7-20/h2-9,19,21H,10-18H2,1H3. The van der Waals surface area contributed by atoms with E-state index in [2.05, 4.69) is 29.2 Å². The Morgan fingerprint density at radius 3 is 2.26 bits per heavy atom. The van der Waals surface area contributed by atoms with Gasteiger partial charge in [-0.1, -0.05) is 36.4 Å². The van der Waals surface area contributed by atoms with Gasteiger partial charge >= 0.3 is 0 Å². The number of carbonyl (C=O) groups is 1. The zero-order valence-electron chi connectivity index (χ0n) is 18.1. The number of likely N-dealkylation sites (tertiary alicyclic amines) is 1. The molecule has 2 fully saturated rings. The second kappa shape index (κ2) is 9.51. The van der Waals surface area contributed by atoms with Crippen molar-refractivity contribution < 1.29 is 13.2 Å². The highest BCUT2D eigenvalue weighted by atomic mass is 32.2. The predicted octanol–water partition coefficient (Wildman–Crippen LogP) is 2.72. The fourth-order valence-electron chi connectivity index (χ4n) is 4.44. The molecule has 0 unspecified atom stereocenters. The van der Waals surface area contributed by atoms with E-state index in [0.29, 0.717) is 37.7 Å². The van der Waals surface area contributed by atoms with Gasteiger partial charge in [-0.05, 0) is 56.0 Å². The number of rotatable bonds is 5. The maximum absolute atomic E-state index is 13.1. The van der Waals surface area contributed by atoms with E-state index in [1.807, 2.05) is 18.0 Å². The van der Waals surface area contributed by atoms with Crippen molar-refractivity contribution in [2.75, 3.05) is 46.3 Å². The highest BCUT2D eigenvalue weighted by Gasteiger charge is 2.29. The topological polar surface area (TPSA) is 60.9 Å². The molecule has 166 valence electrons. The maximum atomic E-state index is 13.1. The van der Waals surface area contributed by atoms with Crippen LogP contribution < -0.4 is 0 Å². The Morgan fingerprint density at radius 2 is 1.58 bits per heavy atom. The van der Waals surface area contributed by atoms with Crippen LogP contribution in [-0.4, -0.2) is 74.7 Å². The van der Waals surface area contributed by atoms with Gasteiger partial charge in [-0.15, -0.1) is 0 Å². The number of sulfonamides is 1. The van der Waals surface area contributed by atoms with Crippen molar-refractivity contribution in [1.29, 1.82) is 0 Å². The Kier molecular flexibility index (Phi) is 6.74. The van der Waals surface area contributed by atoms with Gasteiger partial charge in [0.1, 0.15) is 0 Å². The molecule has 0 bridgehead atoms. The van der Waals surface area contributed by atoms with E-state index in [9.17, 15) is 13.2 Å². The summed E-state index contributed by atoms with van der Waals surface area (Å²) in [6, 6.07) is 17.0. The molecule has 0 spiro atoms. The van der Waals surface area contributed by atoms with E-state index in [-0.39, 0.29) is 10.8 Å². The summed E-state index contributed by atoms with van der Waals surface area (Å²) in [7, 11) is -1.59. The van der Waals surface area contributed by atoms with Gasteiger partial charge in [0.2, 0.25) is 10.0 Å². The molecule has 0 atom stereocenters. The number of amides is 1. The van der Waals surface area contributed by atoms with Gasteiger partial charge < -0.3 is 9.80 Å². The fraction of sp³-hybridized carbons (Fsp3) is 0.458. The number of likely N-dealkylation sites (N-methyl/N-ethyl adjacent to an activating group) is 1. The first-order valence-electron chi connectivity index (χ1n) is 11.1. The lowest BCUT2D eigenvalue weighted by Gasteiger charge is -2.33. The predicted molar refractivity (Wildman–Crippen MR) is 121 cm³/mol. The number of hydrogen-bond acceptors (Lipinski definition) is 4. The number of piperazine rings is 1. The second-order valence-electron chi connectivity index (χ2n) is 8.66. The molecule has 0 N–H and O–H groups in total. The average Bonchev–Trinajstić information content (AvgIpc) is 2.80. The minimum atomic E-state index is -3.58. The SMILES string of the molecule is CN1CCN(S(=O)(=O)c2cccc(C(=O)N3CCC(Cc4ccccc4)CC3)c2)CC1. The monoisotopic (exact) mass is 441 g/mol. The smallest absolute Gasteiger partial charge is 0.253 e. The summed E-state index contributed by atoms with van der Waals surface area (Å²) < 4.78 is 27.6. The summed E-state index contributed by atoms with van der Waals surface area (Å²) in [5, 5.41) is 0. The van der Waals surface area contributed by atoms with Crippen molar-refractivity contribution in [3.8, 4) is 0 Å². The Hall–Kier alpha value is -2.22. The quantitative estimate of drug-likeness (QED) is 0.716. The summed E-state index contributed by atoms with van der Waals surface area (Å²) in [4.78, 5) is 17.3. The zero-order chi connectivity index (χ0) is 21.8. The first kappa shape index (κ1) is 22.0.